The van der Waals surface area contributed by atoms with Crippen molar-refractivity contribution in [2.24, 2.45) is 5.92 Å². The molecule has 3 aromatic rings. The zero-order chi connectivity index (χ0) is 20.9. The lowest BCUT2D eigenvalue weighted by Crippen LogP contribution is -2.62. The average molecular weight is 431 g/mol. The Labute approximate surface area is 186 Å². The highest BCUT2D eigenvalue weighted by Gasteiger charge is 2.64. The van der Waals surface area contributed by atoms with Crippen molar-refractivity contribution >= 4 is 11.6 Å². The Morgan fingerprint density at radius 1 is 1.10 bits per heavy atom. The molecule has 2 aliphatic carbocycles. The number of likely N-dealkylation sites (tertiary alicyclic amines) is 1. The number of pyridine rings is 1. The molecule has 4 nitrogen and oxygen atoms in total. The number of aromatic nitrogens is 1. The summed E-state index contributed by atoms with van der Waals surface area (Å²) in [6, 6.07) is 14.6. The topological polar surface area (TPSA) is 45.6 Å². The third-order valence-corrected chi connectivity index (χ3v) is 8.51. The Kier molecular flexibility index (Phi) is 3.51. The molecule has 7 rings (SSSR count). The lowest BCUT2D eigenvalue weighted by Gasteiger charge is -2.57. The van der Waals surface area contributed by atoms with Gasteiger partial charge in [-0.3, -0.25) is 4.98 Å². The van der Waals surface area contributed by atoms with Crippen LogP contribution < -0.4 is 4.74 Å². The first-order valence-electron chi connectivity index (χ1n) is 11.0. The fourth-order valence-electron chi connectivity index (χ4n) is 6.86. The van der Waals surface area contributed by atoms with Crippen LogP contribution >= 0.6 is 11.6 Å². The second kappa shape index (κ2) is 6.02. The van der Waals surface area contributed by atoms with Crippen molar-refractivity contribution in [3.05, 3.63) is 76.1 Å². The summed E-state index contributed by atoms with van der Waals surface area (Å²) in [5.41, 5.74) is 7.07. The molecule has 1 aromatic heterocycles. The first-order valence-corrected chi connectivity index (χ1v) is 11.4. The second-order valence-corrected chi connectivity index (χ2v) is 10.0. The SMILES string of the molecule is CN1CC[C@]23c4c5ccc(O)c4O[C@H]2c2ncc(-c4ccc(Cl)cc4)cc2CC3[C@H]1C5. The van der Waals surface area contributed by atoms with Gasteiger partial charge >= 0.3 is 0 Å². The van der Waals surface area contributed by atoms with Crippen molar-refractivity contribution in [3.8, 4) is 22.6 Å². The van der Waals surface area contributed by atoms with Crippen molar-refractivity contribution in [1.82, 2.24) is 9.88 Å². The molecule has 156 valence electrons. The highest BCUT2D eigenvalue weighted by atomic mass is 35.5. The summed E-state index contributed by atoms with van der Waals surface area (Å²) in [5, 5.41) is 11.4. The molecule has 31 heavy (non-hydrogen) atoms. The van der Waals surface area contributed by atoms with Crippen molar-refractivity contribution < 1.29 is 9.84 Å². The van der Waals surface area contributed by atoms with E-state index in [2.05, 4.69) is 24.1 Å². The summed E-state index contributed by atoms with van der Waals surface area (Å²) < 4.78 is 6.58. The third-order valence-electron chi connectivity index (χ3n) is 8.26. The van der Waals surface area contributed by atoms with E-state index in [-0.39, 0.29) is 17.3 Å². The Bertz CT molecular complexity index is 1240. The largest absolute Gasteiger partial charge is 0.504 e. The van der Waals surface area contributed by atoms with Crippen molar-refractivity contribution in [3.63, 3.8) is 0 Å². The van der Waals surface area contributed by atoms with E-state index >= 15 is 0 Å². The van der Waals surface area contributed by atoms with Gasteiger partial charge in [0.25, 0.3) is 0 Å². The predicted molar refractivity (Wildman–Crippen MR) is 120 cm³/mol. The minimum Gasteiger partial charge on any atom is -0.504 e. The summed E-state index contributed by atoms with van der Waals surface area (Å²) in [5.74, 6) is 1.42. The Morgan fingerprint density at radius 2 is 1.94 bits per heavy atom. The zero-order valence-corrected chi connectivity index (χ0v) is 18.1. The number of fused-ring (bicyclic) bond motifs is 2. The summed E-state index contributed by atoms with van der Waals surface area (Å²) >= 11 is 6.09. The van der Waals surface area contributed by atoms with Crippen molar-refractivity contribution in [2.75, 3.05) is 13.6 Å². The van der Waals surface area contributed by atoms with E-state index in [0.717, 1.165) is 47.7 Å². The smallest absolute Gasteiger partial charge is 0.166 e. The number of phenolic OH excluding ortho intramolecular Hbond substituents is 1. The molecule has 4 aliphatic rings. The van der Waals surface area contributed by atoms with E-state index in [1.54, 1.807) is 6.07 Å². The van der Waals surface area contributed by atoms with Crippen molar-refractivity contribution in [1.29, 1.82) is 0 Å². The summed E-state index contributed by atoms with van der Waals surface area (Å²) in [6.07, 6.45) is 4.88. The van der Waals surface area contributed by atoms with Gasteiger partial charge in [-0.25, -0.2) is 0 Å². The Balaban J connectivity index is 1.43. The average Bonchev–Trinajstić information content (AvgIpc) is 3.13. The van der Waals surface area contributed by atoms with E-state index in [9.17, 15) is 5.11 Å². The number of hydrogen-bond acceptors (Lipinski definition) is 4. The fraction of sp³-hybridized carbons (Fsp3) is 0.346. The molecule has 2 bridgehead atoms. The van der Waals surface area contributed by atoms with Gasteiger partial charge in [-0.2, -0.15) is 0 Å². The van der Waals surface area contributed by atoms with E-state index in [4.69, 9.17) is 21.3 Å². The van der Waals surface area contributed by atoms with Crippen LogP contribution in [0.3, 0.4) is 0 Å². The first-order chi connectivity index (χ1) is 15.1. The number of nitrogens with zero attached hydrogens (tertiary/aromatic N) is 2. The van der Waals surface area contributed by atoms with Crippen LogP contribution in [0.25, 0.3) is 11.1 Å². The molecule has 5 heteroatoms. The molecule has 1 unspecified atom stereocenters. The van der Waals surface area contributed by atoms with Crippen LogP contribution in [-0.2, 0) is 18.3 Å². The lowest BCUT2D eigenvalue weighted by molar-refractivity contribution is -0.0260. The van der Waals surface area contributed by atoms with Crippen LogP contribution in [0, 0.1) is 5.92 Å². The standard InChI is InChI=1S/C26H23ClN2O2/c1-29-9-8-26-19-11-16-10-17(14-2-5-18(27)6-3-14)13-28-23(16)25(26)31-24-21(30)7-4-15(22(24)26)12-20(19)29/h2-7,10,13,19-20,25,30H,8-9,11-12H2,1H3/t19?,20-,25+,26+/m1/s1. The molecule has 0 amide bonds. The molecular formula is C26H23ClN2O2. The summed E-state index contributed by atoms with van der Waals surface area (Å²) in [7, 11) is 2.26. The molecule has 0 radical (unpaired) electrons. The molecule has 1 saturated heterocycles. The number of likely N-dealkylation sites (N-methyl/N-ethyl adjacent to an activating group) is 1. The van der Waals surface area contributed by atoms with Crippen LogP contribution in [0.15, 0.2) is 48.7 Å². The molecule has 2 aliphatic heterocycles. The Hall–Kier alpha value is -2.56. The van der Waals surface area contributed by atoms with Crippen LogP contribution in [0.1, 0.15) is 34.9 Å². The van der Waals surface area contributed by atoms with E-state index < -0.39 is 0 Å². The highest BCUT2D eigenvalue weighted by Crippen LogP contribution is 2.66. The monoisotopic (exact) mass is 430 g/mol. The van der Waals surface area contributed by atoms with E-state index in [1.165, 1.54) is 16.7 Å². The van der Waals surface area contributed by atoms with Gasteiger partial charge in [-0.1, -0.05) is 29.8 Å². The number of rotatable bonds is 1. The molecule has 3 heterocycles. The molecule has 2 aromatic carbocycles. The molecule has 1 fully saturated rings. The number of ether oxygens (including phenoxy) is 1. The van der Waals surface area contributed by atoms with Gasteiger partial charge < -0.3 is 14.7 Å². The minimum atomic E-state index is -0.126. The number of phenols is 1. The maximum absolute atomic E-state index is 10.7. The lowest BCUT2D eigenvalue weighted by atomic mass is 9.51. The minimum absolute atomic E-state index is 0.0827. The van der Waals surface area contributed by atoms with Gasteiger partial charge in [0.1, 0.15) is 0 Å². The highest BCUT2D eigenvalue weighted by molar-refractivity contribution is 6.30. The van der Waals surface area contributed by atoms with Gasteiger partial charge in [0.2, 0.25) is 0 Å². The number of piperidine rings is 1. The normalized spacial score (nSPS) is 29.8. The number of halogens is 1. The predicted octanol–water partition coefficient (Wildman–Crippen LogP) is 4.91. The fourth-order valence-corrected chi connectivity index (χ4v) is 6.99. The molecule has 0 saturated carbocycles. The van der Waals surface area contributed by atoms with Crippen LogP contribution in [0.2, 0.25) is 5.02 Å². The summed E-state index contributed by atoms with van der Waals surface area (Å²) in [6.45, 7) is 1.05. The van der Waals surface area contributed by atoms with Crippen LogP contribution in [0.4, 0.5) is 0 Å². The Morgan fingerprint density at radius 3 is 2.77 bits per heavy atom. The van der Waals surface area contributed by atoms with Crippen molar-refractivity contribution in [2.45, 2.75) is 36.8 Å². The van der Waals surface area contributed by atoms with Gasteiger partial charge in [-0.15, -0.1) is 0 Å². The van der Waals surface area contributed by atoms with Gasteiger partial charge in [-0.05, 0) is 79.7 Å². The van der Waals surface area contributed by atoms with E-state index in [0.29, 0.717) is 17.7 Å². The van der Waals surface area contributed by atoms with Crippen LogP contribution in [0.5, 0.6) is 11.5 Å². The maximum atomic E-state index is 10.7. The molecule has 1 spiro atoms. The number of aromatic hydroxyl groups is 1. The second-order valence-electron chi connectivity index (χ2n) is 9.57. The maximum Gasteiger partial charge on any atom is 0.166 e. The van der Waals surface area contributed by atoms with E-state index in [1.807, 2.05) is 30.5 Å². The number of benzene rings is 2. The number of hydrogen-bond donors (Lipinski definition) is 1. The van der Waals surface area contributed by atoms with Gasteiger partial charge in [0, 0.05) is 33.8 Å². The molecular weight excluding hydrogens is 408 g/mol. The van der Waals surface area contributed by atoms with Gasteiger partial charge in [0.05, 0.1) is 5.69 Å². The zero-order valence-electron chi connectivity index (χ0n) is 17.3. The van der Waals surface area contributed by atoms with Gasteiger partial charge in [0.15, 0.2) is 17.6 Å². The quantitative estimate of drug-likeness (QED) is 0.595. The first kappa shape index (κ1) is 18.1. The molecule has 4 atom stereocenters. The van der Waals surface area contributed by atoms with Crippen LogP contribution in [-0.4, -0.2) is 34.6 Å². The summed E-state index contributed by atoms with van der Waals surface area (Å²) in [4.78, 5) is 7.50. The molecule has 1 N–H and O–H groups in total. The third kappa shape index (κ3) is 2.22.